The molecule has 30 heavy (non-hydrogen) atoms. The summed E-state index contributed by atoms with van der Waals surface area (Å²) in [6, 6.07) is 15.9. The highest BCUT2D eigenvalue weighted by molar-refractivity contribution is 5.95. The summed E-state index contributed by atoms with van der Waals surface area (Å²) in [4.78, 5) is 6.63. The van der Waals surface area contributed by atoms with Gasteiger partial charge in [-0.1, -0.05) is 0 Å². The summed E-state index contributed by atoms with van der Waals surface area (Å²) in [5.41, 5.74) is 4.72. The van der Waals surface area contributed by atoms with E-state index in [1.165, 1.54) is 0 Å². The minimum Gasteiger partial charge on any atom is -0.493 e. The zero-order valence-electron chi connectivity index (χ0n) is 17.4. The van der Waals surface area contributed by atoms with Crippen LogP contribution in [0.1, 0.15) is 0 Å². The van der Waals surface area contributed by atoms with Gasteiger partial charge in [0.2, 0.25) is 0 Å². The first-order chi connectivity index (χ1) is 14.6. The predicted molar refractivity (Wildman–Crippen MR) is 120 cm³/mol. The van der Waals surface area contributed by atoms with Crippen molar-refractivity contribution in [2.24, 2.45) is 0 Å². The van der Waals surface area contributed by atoms with Crippen LogP contribution >= 0.6 is 0 Å². The lowest BCUT2D eigenvalue weighted by Crippen LogP contribution is -2.08. The van der Waals surface area contributed by atoms with Gasteiger partial charge >= 0.3 is 0 Å². The molecule has 0 saturated heterocycles. The molecular formula is C23H23N5O2. The Morgan fingerprint density at radius 3 is 2.23 bits per heavy atom. The van der Waals surface area contributed by atoms with E-state index in [1.807, 2.05) is 56.7 Å². The van der Waals surface area contributed by atoms with E-state index in [1.54, 1.807) is 20.4 Å². The molecule has 0 saturated carbocycles. The van der Waals surface area contributed by atoms with Crippen LogP contribution in [0.15, 0.2) is 60.9 Å². The Hall–Kier alpha value is -3.87. The molecule has 152 valence electrons. The van der Waals surface area contributed by atoms with Crippen molar-refractivity contribution in [2.75, 3.05) is 38.5 Å². The van der Waals surface area contributed by atoms with E-state index in [0.29, 0.717) is 11.5 Å². The molecule has 2 heterocycles. The average Bonchev–Trinajstić information content (AvgIpc) is 2.78. The minimum absolute atomic E-state index is 0.620. The third-order valence-electron chi connectivity index (χ3n) is 4.87. The Balaban J connectivity index is 1.63. The van der Waals surface area contributed by atoms with Gasteiger partial charge in [0.05, 0.1) is 25.9 Å². The summed E-state index contributed by atoms with van der Waals surface area (Å²) in [5, 5.41) is 12.6. The monoisotopic (exact) mass is 401 g/mol. The van der Waals surface area contributed by atoms with Crippen molar-refractivity contribution in [3.63, 3.8) is 0 Å². The lowest BCUT2D eigenvalue weighted by atomic mass is 10.0. The van der Waals surface area contributed by atoms with Gasteiger partial charge in [-0.15, -0.1) is 0 Å². The number of pyridine rings is 1. The number of hydrogen-bond donors (Lipinski definition) is 1. The number of methoxy groups -OCH3 is 2. The molecule has 0 aliphatic heterocycles. The van der Waals surface area contributed by atoms with Crippen molar-refractivity contribution in [1.82, 2.24) is 15.2 Å². The smallest absolute Gasteiger partial charge is 0.162 e. The van der Waals surface area contributed by atoms with Gasteiger partial charge in [0.15, 0.2) is 11.5 Å². The molecule has 0 radical (unpaired) electrons. The van der Waals surface area contributed by atoms with Crippen LogP contribution in [0.5, 0.6) is 11.5 Å². The number of ether oxygens (including phenoxy) is 2. The molecule has 4 rings (SSSR count). The van der Waals surface area contributed by atoms with Crippen molar-refractivity contribution in [3.8, 4) is 22.6 Å². The molecule has 7 heteroatoms. The molecule has 0 fully saturated rings. The van der Waals surface area contributed by atoms with Crippen LogP contribution in [0.2, 0.25) is 0 Å². The first kappa shape index (κ1) is 19.4. The minimum atomic E-state index is 0.620. The second-order valence-electron chi connectivity index (χ2n) is 6.98. The molecule has 1 N–H and O–H groups in total. The average molecular weight is 401 g/mol. The Labute approximate surface area is 175 Å². The normalized spacial score (nSPS) is 10.7. The van der Waals surface area contributed by atoms with Crippen molar-refractivity contribution in [1.29, 1.82) is 0 Å². The number of aromatic nitrogens is 3. The zero-order valence-corrected chi connectivity index (χ0v) is 17.4. The highest BCUT2D eigenvalue weighted by Crippen LogP contribution is 2.35. The van der Waals surface area contributed by atoms with Gasteiger partial charge in [-0.3, -0.25) is 0 Å². The Kier molecular flexibility index (Phi) is 5.34. The summed E-state index contributed by atoms with van der Waals surface area (Å²) in [6.07, 6.45) is 3.56. The molecule has 0 aliphatic carbocycles. The molecule has 4 aromatic rings. The van der Waals surface area contributed by atoms with Gasteiger partial charge in [0, 0.05) is 54.2 Å². The highest BCUT2D eigenvalue weighted by Gasteiger charge is 2.12. The van der Waals surface area contributed by atoms with E-state index in [2.05, 4.69) is 37.5 Å². The van der Waals surface area contributed by atoms with Crippen LogP contribution in [0.25, 0.3) is 22.0 Å². The van der Waals surface area contributed by atoms with Crippen LogP contribution in [0, 0.1) is 0 Å². The summed E-state index contributed by atoms with van der Waals surface area (Å²) in [6.45, 7) is 0. The molecule has 0 aliphatic rings. The number of fused-ring (bicyclic) bond motifs is 1. The molecule has 0 unspecified atom stereocenters. The molecule has 2 aromatic carbocycles. The molecule has 0 spiro atoms. The van der Waals surface area contributed by atoms with Crippen molar-refractivity contribution >= 4 is 28.1 Å². The van der Waals surface area contributed by atoms with Crippen LogP contribution in [-0.4, -0.2) is 43.5 Å². The van der Waals surface area contributed by atoms with Gasteiger partial charge in [0.1, 0.15) is 5.82 Å². The molecule has 0 amide bonds. The topological polar surface area (TPSA) is 72.4 Å². The maximum Gasteiger partial charge on any atom is 0.162 e. The SMILES string of the molecule is COc1cc2nncc(-c3ccc(Nc4ccc(N(C)C)cc4)nc3)c2cc1OC. The number of nitrogens with one attached hydrogen (secondary N) is 1. The largest absolute Gasteiger partial charge is 0.493 e. The molecular weight excluding hydrogens is 378 g/mol. The number of rotatable bonds is 6. The van der Waals surface area contributed by atoms with Crippen LogP contribution in [0.3, 0.4) is 0 Å². The van der Waals surface area contributed by atoms with Crippen molar-refractivity contribution in [3.05, 3.63) is 60.9 Å². The van der Waals surface area contributed by atoms with E-state index in [0.717, 1.165) is 39.2 Å². The summed E-state index contributed by atoms with van der Waals surface area (Å²) < 4.78 is 10.8. The van der Waals surface area contributed by atoms with Gasteiger partial charge in [0.25, 0.3) is 0 Å². The van der Waals surface area contributed by atoms with Crippen LogP contribution in [-0.2, 0) is 0 Å². The third-order valence-corrected chi connectivity index (χ3v) is 4.87. The first-order valence-corrected chi connectivity index (χ1v) is 9.47. The van der Waals surface area contributed by atoms with Crippen molar-refractivity contribution < 1.29 is 9.47 Å². The Morgan fingerprint density at radius 1 is 0.867 bits per heavy atom. The van der Waals surface area contributed by atoms with Gasteiger partial charge in [-0.25, -0.2) is 4.98 Å². The van der Waals surface area contributed by atoms with E-state index in [4.69, 9.17) is 9.47 Å². The second kappa shape index (κ2) is 8.24. The number of benzene rings is 2. The Bertz CT molecular complexity index is 1160. The number of nitrogens with zero attached hydrogens (tertiary/aromatic N) is 4. The summed E-state index contributed by atoms with van der Waals surface area (Å²) in [7, 11) is 7.26. The van der Waals surface area contributed by atoms with Gasteiger partial charge in [-0.2, -0.15) is 10.2 Å². The maximum atomic E-state index is 5.44. The number of hydrogen-bond acceptors (Lipinski definition) is 7. The summed E-state index contributed by atoms with van der Waals surface area (Å²) >= 11 is 0. The van der Waals surface area contributed by atoms with Crippen LogP contribution < -0.4 is 19.7 Å². The lowest BCUT2D eigenvalue weighted by Gasteiger charge is -2.13. The molecule has 2 aromatic heterocycles. The quantitative estimate of drug-likeness (QED) is 0.509. The summed E-state index contributed by atoms with van der Waals surface area (Å²) in [5.74, 6) is 2.03. The van der Waals surface area contributed by atoms with E-state index in [-0.39, 0.29) is 0 Å². The van der Waals surface area contributed by atoms with E-state index in [9.17, 15) is 0 Å². The fourth-order valence-electron chi connectivity index (χ4n) is 3.23. The van der Waals surface area contributed by atoms with Gasteiger partial charge < -0.3 is 19.7 Å². The fraction of sp³-hybridized carbons (Fsp3) is 0.174. The highest BCUT2D eigenvalue weighted by atomic mass is 16.5. The molecule has 0 bridgehead atoms. The van der Waals surface area contributed by atoms with Crippen LogP contribution in [0.4, 0.5) is 17.2 Å². The third kappa shape index (κ3) is 3.82. The Morgan fingerprint density at radius 2 is 1.60 bits per heavy atom. The maximum absolute atomic E-state index is 5.44. The second-order valence-corrected chi connectivity index (χ2v) is 6.98. The number of anilines is 3. The van der Waals surface area contributed by atoms with E-state index < -0.39 is 0 Å². The zero-order chi connectivity index (χ0) is 21.1. The molecule has 7 nitrogen and oxygen atoms in total. The van der Waals surface area contributed by atoms with Gasteiger partial charge in [-0.05, 0) is 42.5 Å². The fourth-order valence-corrected chi connectivity index (χ4v) is 3.23. The first-order valence-electron chi connectivity index (χ1n) is 9.47. The van der Waals surface area contributed by atoms with Crippen molar-refractivity contribution in [2.45, 2.75) is 0 Å². The van der Waals surface area contributed by atoms with E-state index >= 15 is 0 Å². The standard InChI is InChI=1S/C23H23N5O2/c1-28(2)17-8-6-16(7-9-17)26-23-10-5-15(13-24-23)19-14-25-27-20-12-22(30-4)21(29-3)11-18(19)20/h5-14H,1-4H3,(H,24,26). The molecule has 0 atom stereocenters. The predicted octanol–water partition coefficient (Wildman–Crippen LogP) is 4.52. The lowest BCUT2D eigenvalue weighted by molar-refractivity contribution is 0.356.